The zero-order valence-corrected chi connectivity index (χ0v) is 21.8. The predicted molar refractivity (Wildman–Crippen MR) is 129 cm³/mol. The van der Waals surface area contributed by atoms with Gasteiger partial charge in [-0.3, -0.25) is 0 Å². The van der Waals surface area contributed by atoms with Crippen molar-refractivity contribution in [2.45, 2.75) is 137 Å². The van der Waals surface area contributed by atoms with Gasteiger partial charge in [0.05, 0.1) is 11.7 Å². The van der Waals surface area contributed by atoms with Crippen molar-refractivity contribution in [1.29, 1.82) is 0 Å². The van der Waals surface area contributed by atoms with Gasteiger partial charge in [-0.15, -0.1) is 0 Å². The smallest absolute Gasteiger partial charge is 0.0692 e. The molecule has 0 amide bonds. The van der Waals surface area contributed by atoms with Gasteiger partial charge >= 0.3 is 0 Å². The second-order valence-electron chi connectivity index (χ2n) is 15.2. The first kappa shape index (κ1) is 21.5. The number of hydrogen-bond donors (Lipinski definition) is 0. The van der Waals surface area contributed by atoms with Gasteiger partial charge in [0.15, 0.2) is 0 Å². The van der Waals surface area contributed by atoms with Crippen molar-refractivity contribution in [3.05, 3.63) is 0 Å². The lowest BCUT2D eigenvalue weighted by Gasteiger charge is -2.63. The zero-order chi connectivity index (χ0) is 22.1. The van der Waals surface area contributed by atoms with E-state index in [2.05, 4.69) is 48.5 Å². The fourth-order valence-corrected chi connectivity index (χ4v) is 12.0. The molecule has 6 fully saturated rings. The maximum Gasteiger partial charge on any atom is 0.0692 e. The maximum absolute atomic E-state index is 6.94. The van der Waals surface area contributed by atoms with Crippen molar-refractivity contribution in [1.82, 2.24) is 0 Å². The van der Waals surface area contributed by atoms with Gasteiger partial charge < -0.3 is 4.74 Å². The summed E-state index contributed by atoms with van der Waals surface area (Å²) in [6.07, 6.45) is 18.2. The Labute approximate surface area is 192 Å². The van der Waals surface area contributed by atoms with E-state index in [1.807, 2.05) is 0 Å². The first-order valence-corrected chi connectivity index (χ1v) is 14.1. The fourth-order valence-electron chi connectivity index (χ4n) is 12.0. The van der Waals surface area contributed by atoms with Gasteiger partial charge in [-0.2, -0.15) is 0 Å². The standard InChI is InChI=1S/C30H50O/c1-20(2)21-11-16-28(7,31-21)23-12-15-26(5)24-10-9-22-25(3,4)13-8-14-29(22)19-30(24,29)18-17-27(23,26)6/h20-24H,8-19H2,1-7H3/t21?,22-,23?,24?,26-,27+,28+,29+,30-/m0/s1. The minimum atomic E-state index is 0.122. The lowest BCUT2D eigenvalue weighted by Crippen LogP contribution is -2.57. The molecule has 2 spiro atoms. The van der Waals surface area contributed by atoms with E-state index in [1.54, 1.807) is 12.8 Å². The van der Waals surface area contributed by atoms with Crippen LogP contribution in [0.4, 0.5) is 0 Å². The minimum Gasteiger partial charge on any atom is -0.371 e. The van der Waals surface area contributed by atoms with Crippen molar-refractivity contribution >= 4 is 0 Å². The molecule has 0 N–H and O–H groups in total. The van der Waals surface area contributed by atoms with Crippen LogP contribution in [-0.2, 0) is 4.74 Å². The van der Waals surface area contributed by atoms with Crippen LogP contribution in [0, 0.1) is 50.7 Å². The number of fused-ring (bicyclic) bond motifs is 2. The largest absolute Gasteiger partial charge is 0.371 e. The molecule has 6 aliphatic rings. The Morgan fingerprint density at radius 1 is 0.645 bits per heavy atom. The quantitative estimate of drug-likeness (QED) is 0.430. The summed E-state index contributed by atoms with van der Waals surface area (Å²) in [5.74, 6) is 3.42. The van der Waals surface area contributed by atoms with Gasteiger partial charge in [-0.1, -0.05) is 48.0 Å². The molecule has 1 aliphatic heterocycles. The molecule has 176 valence electrons. The van der Waals surface area contributed by atoms with Crippen molar-refractivity contribution in [3.63, 3.8) is 0 Å². The van der Waals surface area contributed by atoms with E-state index in [0.717, 1.165) is 23.2 Å². The third-order valence-electron chi connectivity index (χ3n) is 13.7. The van der Waals surface area contributed by atoms with Crippen LogP contribution in [0.5, 0.6) is 0 Å². The third-order valence-corrected chi connectivity index (χ3v) is 13.7. The number of rotatable bonds is 2. The molecule has 5 aliphatic carbocycles. The number of ether oxygens (including phenoxy) is 1. The van der Waals surface area contributed by atoms with Gasteiger partial charge in [-0.25, -0.2) is 0 Å². The first-order chi connectivity index (χ1) is 14.4. The Kier molecular flexibility index (Phi) is 4.26. The predicted octanol–water partition coefficient (Wildman–Crippen LogP) is 8.41. The molecule has 1 nitrogen and oxygen atoms in total. The van der Waals surface area contributed by atoms with E-state index in [9.17, 15) is 0 Å². The molecule has 0 aromatic rings. The van der Waals surface area contributed by atoms with E-state index in [0.29, 0.717) is 33.7 Å². The van der Waals surface area contributed by atoms with Crippen molar-refractivity contribution in [3.8, 4) is 0 Å². The Balaban J connectivity index is 1.32. The van der Waals surface area contributed by atoms with Gasteiger partial charge in [0.1, 0.15) is 0 Å². The Hall–Kier alpha value is -0.0400. The second-order valence-corrected chi connectivity index (χ2v) is 15.2. The van der Waals surface area contributed by atoms with Crippen LogP contribution in [0.3, 0.4) is 0 Å². The summed E-state index contributed by atoms with van der Waals surface area (Å²) in [4.78, 5) is 0. The Morgan fingerprint density at radius 3 is 2.03 bits per heavy atom. The maximum atomic E-state index is 6.94. The van der Waals surface area contributed by atoms with E-state index >= 15 is 0 Å². The van der Waals surface area contributed by atoms with Crippen LogP contribution in [0.2, 0.25) is 0 Å². The van der Waals surface area contributed by atoms with E-state index in [4.69, 9.17) is 4.74 Å². The monoisotopic (exact) mass is 426 g/mol. The average Bonchev–Trinajstić information content (AvgIpc) is 3.01. The summed E-state index contributed by atoms with van der Waals surface area (Å²) >= 11 is 0. The van der Waals surface area contributed by atoms with Crippen molar-refractivity contribution < 1.29 is 4.74 Å². The van der Waals surface area contributed by atoms with Crippen LogP contribution in [0.25, 0.3) is 0 Å². The highest BCUT2D eigenvalue weighted by Crippen LogP contribution is 2.89. The highest BCUT2D eigenvalue weighted by molar-refractivity contribution is 5.30. The highest BCUT2D eigenvalue weighted by atomic mass is 16.5. The summed E-state index contributed by atoms with van der Waals surface area (Å²) in [6.45, 7) is 18.0. The zero-order valence-electron chi connectivity index (χ0n) is 21.8. The van der Waals surface area contributed by atoms with Crippen molar-refractivity contribution in [2.24, 2.45) is 50.7 Å². The molecule has 31 heavy (non-hydrogen) atoms. The van der Waals surface area contributed by atoms with Crippen molar-refractivity contribution in [2.75, 3.05) is 0 Å². The average molecular weight is 427 g/mol. The Morgan fingerprint density at radius 2 is 1.32 bits per heavy atom. The molecule has 0 radical (unpaired) electrons. The normalized spacial score (nSPS) is 59.6. The lowest BCUT2D eigenvalue weighted by molar-refractivity contribution is -0.172. The molecule has 1 saturated heterocycles. The summed E-state index contributed by atoms with van der Waals surface area (Å²) in [7, 11) is 0. The molecule has 0 aromatic heterocycles. The van der Waals surface area contributed by atoms with Gasteiger partial charge in [0.2, 0.25) is 0 Å². The van der Waals surface area contributed by atoms with Crippen LogP contribution < -0.4 is 0 Å². The van der Waals surface area contributed by atoms with Gasteiger partial charge in [-0.05, 0) is 128 Å². The van der Waals surface area contributed by atoms with E-state index < -0.39 is 0 Å². The fraction of sp³-hybridized carbons (Fsp3) is 1.00. The van der Waals surface area contributed by atoms with Gasteiger partial charge in [0.25, 0.3) is 0 Å². The van der Waals surface area contributed by atoms with Crippen LogP contribution in [-0.4, -0.2) is 11.7 Å². The van der Waals surface area contributed by atoms with E-state index in [1.165, 1.54) is 64.2 Å². The molecule has 3 unspecified atom stereocenters. The van der Waals surface area contributed by atoms with Gasteiger partial charge in [0, 0.05) is 0 Å². The van der Waals surface area contributed by atoms with E-state index in [-0.39, 0.29) is 5.60 Å². The van der Waals surface area contributed by atoms with Crippen LogP contribution >= 0.6 is 0 Å². The molecule has 1 heteroatoms. The summed E-state index contributed by atoms with van der Waals surface area (Å²) < 4.78 is 6.94. The number of hydrogen-bond acceptors (Lipinski definition) is 1. The summed E-state index contributed by atoms with van der Waals surface area (Å²) in [5, 5.41) is 0. The lowest BCUT2D eigenvalue weighted by atomic mass is 9.42. The first-order valence-electron chi connectivity index (χ1n) is 14.1. The topological polar surface area (TPSA) is 9.23 Å². The summed E-state index contributed by atoms with van der Waals surface area (Å²) in [6, 6.07) is 0. The molecule has 0 bridgehead atoms. The highest BCUT2D eigenvalue weighted by Gasteiger charge is 2.82. The third kappa shape index (κ3) is 2.39. The molecule has 1 heterocycles. The molecule has 5 saturated carbocycles. The Bertz CT molecular complexity index is 768. The molecular formula is C30H50O. The molecular weight excluding hydrogens is 376 g/mol. The van der Waals surface area contributed by atoms with Crippen LogP contribution in [0.1, 0.15) is 126 Å². The molecule has 9 atom stereocenters. The summed E-state index contributed by atoms with van der Waals surface area (Å²) in [5.41, 5.74) is 3.17. The molecule has 6 rings (SSSR count). The second kappa shape index (κ2) is 6.14. The minimum absolute atomic E-state index is 0.122. The SMILES string of the molecule is CC(C)C1CC[C@](C)(C2CC[C@@]3(C)C4CC[C@H]5C(C)(C)CCC[C@@]56C[C@@]46CC[C@]23C)O1. The van der Waals surface area contributed by atoms with Crippen LogP contribution in [0.15, 0.2) is 0 Å². The molecule has 0 aromatic carbocycles.